The summed E-state index contributed by atoms with van der Waals surface area (Å²) in [6.45, 7) is 6.25. The summed E-state index contributed by atoms with van der Waals surface area (Å²) in [7, 11) is 0. The second-order valence-corrected chi connectivity index (χ2v) is 4.79. The van der Waals surface area contributed by atoms with E-state index < -0.39 is 0 Å². The lowest BCUT2D eigenvalue weighted by atomic mass is 10.1. The third-order valence-corrected chi connectivity index (χ3v) is 2.98. The maximum absolute atomic E-state index is 5.92. The molecule has 1 aliphatic carbocycles. The van der Waals surface area contributed by atoms with Crippen molar-refractivity contribution in [3.05, 3.63) is 11.7 Å². The fraction of sp³-hybridized carbons (Fsp3) is 0.800. The van der Waals surface area contributed by atoms with Gasteiger partial charge in [0.25, 0.3) is 0 Å². The third-order valence-electron chi connectivity index (χ3n) is 2.98. The normalized spacial score (nSPS) is 21.2. The molecule has 0 aromatic carbocycles. The highest BCUT2D eigenvalue weighted by molar-refractivity contribution is 5.14. The van der Waals surface area contributed by atoms with E-state index in [-0.39, 0.29) is 11.5 Å². The standard InChI is InChI=1S/C10H17N3O/c1-6(2)7(11)8-12-9(13-14-8)10(3)4-5-10/h6-7H,4-5,11H2,1-3H3/t7-/m0/s1. The van der Waals surface area contributed by atoms with Crippen LogP contribution < -0.4 is 5.73 Å². The predicted octanol–water partition coefficient (Wildman–Crippen LogP) is 1.78. The molecule has 1 aromatic rings. The molecule has 0 unspecified atom stereocenters. The Labute approximate surface area is 83.9 Å². The molecule has 2 rings (SSSR count). The summed E-state index contributed by atoms with van der Waals surface area (Å²) in [6.07, 6.45) is 2.31. The Bertz CT molecular complexity index is 328. The average molecular weight is 195 g/mol. The first-order chi connectivity index (χ1) is 6.53. The Hall–Kier alpha value is -0.900. The van der Waals surface area contributed by atoms with Crippen LogP contribution >= 0.6 is 0 Å². The number of nitrogens with two attached hydrogens (primary N) is 1. The number of hydrogen-bond donors (Lipinski definition) is 1. The summed E-state index contributed by atoms with van der Waals surface area (Å²) in [4.78, 5) is 4.36. The van der Waals surface area contributed by atoms with Gasteiger partial charge in [-0.1, -0.05) is 25.9 Å². The van der Waals surface area contributed by atoms with E-state index in [9.17, 15) is 0 Å². The molecular weight excluding hydrogens is 178 g/mol. The highest BCUT2D eigenvalue weighted by atomic mass is 16.5. The van der Waals surface area contributed by atoms with Gasteiger partial charge < -0.3 is 10.3 Å². The van der Waals surface area contributed by atoms with Gasteiger partial charge in [0.05, 0.1) is 6.04 Å². The smallest absolute Gasteiger partial charge is 0.243 e. The van der Waals surface area contributed by atoms with E-state index in [1.54, 1.807) is 0 Å². The molecule has 1 fully saturated rings. The Morgan fingerprint density at radius 1 is 1.43 bits per heavy atom. The molecule has 0 bridgehead atoms. The fourth-order valence-corrected chi connectivity index (χ4v) is 1.31. The maximum atomic E-state index is 5.92. The molecule has 0 saturated heterocycles. The second kappa shape index (κ2) is 3.05. The minimum absolute atomic E-state index is 0.140. The molecule has 78 valence electrons. The molecule has 1 saturated carbocycles. The topological polar surface area (TPSA) is 64.9 Å². The van der Waals surface area contributed by atoms with Crippen molar-refractivity contribution in [3.8, 4) is 0 Å². The number of aromatic nitrogens is 2. The van der Waals surface area contributed by atoms with Gasteiger partial charge in [0.15, 0.2) is 5.82 Å². The molecule has 0 radical (unpaired) electrons. The Morgan fingerprint density at radius 2 is 2.07 bits per heavy atom. The molecular formula is C10H17N3O. The van der Waals surface area contributed by atoms with E-state index in [4.69, 9.17) is 10.3 Å². The van der Waals surface area contributed by atoms with Gasteiger partial charge in [-0.3, -0.25) is 0 Å². The monoisotopic (exact) mass is 195 g/mol. The van der Waals surface area contributed by atoms with Gasteiger partial charge >= 0.3 is 0 Å². The molecule has 2 N–H and O–H groups in total. The number of nitrogens with zero attached hydrogens (tertiary/aromatic N) is 2. The Morgan fingerprint density at radius 3 is 2.57 bits per heavy atom. The third kappa shape index (κ3) is 1.54. The van der Waals surface area contributed by atoms with E-state index >= 15 is 0 Å². The van der Waals surface area contributed by atoms with Crippen LogP contribution in [0.5, 0.6) is 0 Å². The van der Waals surface area contributed by atoms with Gasteiger partial charge in [0.1, 0.15) is 0 Å². The van der Waals surface area contributed by atoms with E-state index in [0.29, 0.717) is 11.8 Å². The second-order valence-electron chi connectivity index (χ2n) is 4.79. The van der Waals surface area contributed by atoms with Gasteiger partial charge in [0, 0.05) is 5.41 Å². The van der Waals surface area contributed by atoms with Crippen LogP contribution in [-0.4, -0.2) is 10.1 Å². The first-order valence-electron chi connectivity index (χ1n) is 5.12. The zero-order valence-corrected chi connectivity index (χ0v) is 8.95. The van der Waals surface area contributed by atoms with Crippen LogP contribution in [0.25, 0.3) is 0 Å². The summed E-state index contributed by atoms with van der Waals surface area (Å²) in [6, 6.07) is -0.140. The van der Waals surface area contributed by atoms with Crippen LogP contribution in [0.2, 0.25) is 0 Å². The Balaban J connectivity index is 2.17. The molecule has 0 spiro atoms. The zero-order valence-electron chi connectivity index (χ0n) is 8.95. The van der Waals surface area contributed by atoms with Crippen LogP contribution in [-0.2, 0) is 5.41 Å². The summed E-state index contributed by atoms with van der Waals surface area (Å²) in [5.74, 6) is 1.72. The summed E-state index contributed by atoms with van der Waals surface area (Å²) >= 11 is 0. The molecule has 1 aliphatic rings. The molecule has 0 amide bonds. The SMILES string of the molecule is CC(C)[C@H](N)c1nc(C2(C)CC2)no1. The fourth-order valence-electron chi connectivity index (χ4n) is 1.31. The van der Waals surface area contributed by atoms with E-state index in [2.05, 4.69) is 17.1 Å². The highest BCUT2D eigenvalue weighted by Gasteiger charge is 2.43. The van der Waals surface area contributed by atoms with Gasteiger partial charge in [-0.15, -0.1) is 0 Å². The quantitative estimate of drug-likeness (QED) is 0.798. The summed E-state index contributed by atoms with van der Waals surface area (Å²) in [5, 5.41) is 3.99. The molecule has 1 atom stereocenters. The average Bonchev–Trinajstić information content (AvgIpc) is 2.69. The van der Waals surface area contributed by atoms with Crippen LogP contribution in [0.1, 0.15) is 51.4 Å². The predicted molar refractivity (Wildman–Crippen MR) is 52.7 cm³/mol. The van der Waals surface area contributed by atoms with Crippen molar-refractivity contribution < 1.29 is 4.52 Å². The molecule has 0 aliphatic heterocycles. The van der Waals surface area contributed by atoms with Crippen molar-refractivity contribution >= 4 is 0 Å². The van der Waals surface area contributed by atoms with Crippen molar-refractivity contribution in [2.45, 2.75) is 45.1 Å². The van der Waals surface area contributed by atoms with E-state index in [1.165, 1.54) is 0 Å². The minimum Gasteiger partial charge on any atom is -0.338 e. The number of hydrogen-bond acceptors (Lipinski definition) is 4. The molecule has 1 heterocycles. The summed E-state index contributed by atoms with van der Waals surface area (Å²) < 4.78 is 5.17. The van der Waals surface area contributed by atoms with E-state index in [0.717, 1.165) is 18.7 Å². The van der Waals surface area contributed by atoms with Crippen LogP contribution in [0.15, 0.2) is 4.52 Å². The summed E-state index contributed by atoms with van der Waals surface area (Å²) in [5.41, 5.74) is 6.08. The Kier molecular flexibility index (Phi) is 2.10. The minimum atomic E-state index is -0.140. The molecule has 1 aromatic heterocycles. The molecule has 4 nitrogen and oxygen atoms in total. The van der Waals surface area contributed by atoms with Crippen LogP contribution in [0.3, 0.4) is 0 Å². The first kappa shape index (κ1) is 9.65. The van der Waals surface area contributed by atoms with Gasteiger partial charge in [-0.25, -0.2) is 0 Å². The van der Waals surface area contributed by atoms with Crippen molar-refractivity contribution in [3.63, 3.8) is 0 Å². The first-order valence-corrected chi connectivity index (χ1v) is 5.12. The van der Waals surface area contributed by atoms with Gasteiger partial charge in [-0.05, 0) is 18.8 Å². The largest absolute Gasteiger partial charge is 0.338 e. The highest BCUT2D eigenvalue weighted by Crippen LogP contribution is 2.46. The van der Waals surface area contributed by atoms with Crippen molar-refractivity contribution in [2.24, 2.45) is 11.7 Å². The lowest BCUT2D eigenvalue weighted by molar-refractivity contribution is 0.321. The maximum Gasteiger partial charge on any atom is 0.243 e. The van der Waals surface area contributed by atoms with Crippen molar-refractivity contribution in [1.82, 2.24) is 10.1 Å². The lowest BCUT2D eigenvalue weighted by Crippen LogP contribution is -2.17. The zero-order chi connectivity index (χ0) is 10.3. The lowest BCUT2D eigenvalue weighted by Gasteiger charge is -2.09. The van der Waals surface area contributed by atoms with Crippen LogP contribution in [0.4, 0.5) is 0 Å². The van der Waals surface area contributed by atoms with Gasteiger partial charge in [0.2, 0.25) is 5.89 Å². The number of rotatable bonds is 3. The molecule has 14 heavy (non-hydrogen) atoms. The van der Waals surface area contributed by atoms with Crippen molar-refractivity contribution in [2.75, 3.05) is 0 Å². The van der Waals surface area contributed by atoms with Crippen molar-refractivity contribution in [1.29, 1.82) is 0 Å². The van der Waals surface area contributed by atoms with Crippen LogP contribution in [0, 0.1) is 5.92 Å². The molecule has 4 heteroatoms. The van der Waals surface area contributed by atoms with Gasteiger partial charge in [-0.2, -0.15) is 4.98 Å². The van der Waals surface area contributed by atoms with E-state index in [1.807, 2.05) is 13.8 Å².